The zero-order valence-corrected chi connectivity index (χ0v) is 13.4. The van der Waals surface area contributed by atoms with Gasteiger partial charge in [-0.05, 0) is 37.1 Å². The standard InChI is InChI=1S/C17H16N6O/c1-10-6-11(2)13(20-8-10)9-21-16-12(7-18)15(22-17(19)23-16)14-4-3-5-24-14/h3-6,8H,9H2,1-2H3,(H3,19,21,22,23). The first-order chi connectivity index (χ1) is 11.6. The number of pyridine rings is 1. The molecule has 24 heavy (non-hydrogen) atoms. The molecule has 0 saturated carbocycles. The summed E-state index contributed by atoms with van der Waals surface area (Å²) in [7, 11) is 0. The van der Waals surface area contributed by atoms with E-state index in [2.05, 4.69) is 32.4 Å². The Kier molecular flexibility index (Phi) is 4.12. The molecule has 0 radical (unpaired) electrons. The summed E-state index contributed by atoms with van der Waals surface area (Å²) in [5.41, 5.74) is 9.46. The second-order valence-electron chi connectivity index (χ2n) is 5.37. The molecule has 7 heteroatoms. The van der Waals surface area contributed by atoms with Gasteiger partial charge in [-0.2, -0.15) is 10.2 Å². The lowest BCUT2D eigenvalue weighted by molar-refractivity contribution is 0.580. The number of nitrogens with zero attached hydrogens (tertiary/aromatic N) is 4. The van der Waals surface area contributed by atoms with Gasteiger partial charge in [0, 0.05) is 6.20 Å². The summed E-state index contributed by atoms with van der Waals surface area (Å²) in [6.07, 6.45) is 3.32. The van der Waals surface area contributed by atoms with Crippen LogP contribution in [0.1, 0.15) is 22.4 Å². The van der Waals surface area contributed by atoms with E-state index in [1.54, 1.807) is 18.3 Å². The van der Waals surface area contributed by atoms with Gasteiger partial charge in [-0.15, -0.1) is 0 Å². The summed E-state index contributed by atoms with van der Waals surface area (Å²) in [6.45, 7) is 4.41. The van der Waals surface area contributed by atoms with Crippen molar-refractivity contribution in [2.45, 2.75) is 20.4 Å². The molecule has 7 nitrogen and oxygen atoms in total. The van der Waals surface area contributed by atoms with E-state index >= 15 is 0 Å². The van der Waals surface area contributed by atoms with Gasteiger partial charge in [0.15, 0.2) is 11.6 Å². The maximum absolute atomic E-state index is 9.51. The van der Waals surface area contributed by atoms with Crippen molar-refractivity contribution in [2.24, 2.45) is 0 Å². The topological polar surface area (TPSA) is 114 Å². The highest BCUT2D eigenvalue weighted by atomic mass is 16.3. The number of hydrogen-bond acceptors (Lipinski definition) is 7. The number of aromatic nitrogens is 3. The molecule has 120 valence electrons. The number of nitrogen functional groups attached to an aromatic ring is 1. The lowest BCUT2D eigenvalue weighted by Gasteiger charge is -2.11. The quantitative estimate of drug-likeness (QED) is 0.759. The number of hydrogen-bond donors (Lipinski definition) is 2. The molecule has 0 aromatic carbocycles. The number of rotatable bonds is 4. The Balaban J connectivity index is 1.95. The largest absolute Gasteiger partial charge is 0.463 e. The Morgan fingerprint density at radius 3 is 2.83 bits per heavy atom. The predicted octanol–water partition coefficient (Wildman–Crippen LogP) is 2.81. The molecule has 0 spiro atoms. The summed E-state index contributed by atoms with van der Waals surface area (Å²) in [5, 5.41) is 12.6. The third kappa shape index (κ3) is 3.03. The molecule has 0 atom stereocenters. The zero-order valence-electron chi connectivity index (χ0n) is 13.4. The van der Waals surface area contributed by atoms with Gasteiger partial charge < -0.3 is 15.5 Å². The Bertz CT molecular complexity index is 912. The predicted molar refractivity (Wildman–Crippen MR) is 89.9 cm³/mol. The molecule has 0 unspecified atom stereocenters. The second kappa shape index (κ2) is 6.38. The number of nitriles is 1. The normalized spacial score (nSPS) is 10.4. The molecule has 0 saturated heterocycles. The minimum absolute atomic E-state index is 0.0662. The van der Waals surface area contributed by atoms with Crippen LogP contribution in [0.4, 0.5) is 11.8 Å². The van der Waals surface area contributed by atoms with E-state index in [1.165, 1.54) is 6.26 Å². The van der Waals surface area contributed by atoms with E-state index in [4.69, 9.17) is 10.2 Å². The van der Waals surface area contributed by atoms with Crippen molar-refractivity contribution in [1.82, 2.24) is 15.0 Å². The minimum Gasteiger partial charge on any atom is -0.463 e. The molecule has 0 fully saturated rings. The summed E-state index contributed by atoms with van der Waals surface area (Å²) in [6, 6.07) is 7.61. The van der Waals surface area contributed by atoms with E-state index in [0.29, 0.717) is 23.8 Å². The van der Waals surface area contributed by atoms with Crippen LogP contribution in [0.5, 0.6) is 0 Å². The van der Waals surface area contributed by atoms with Crippen LogP contribution >= 0.6 is 0 Å². The van der Waals surface area contributed by atoms with Crippen molar-refractivity contribution in [2.75, 3.05) is 11.1 Å². The van der Waals surface area contributed by atoms with Crippen LogP contribution in [0.2, 0.25) is 0 Å². The zero-order chi connectivity index (χ0) is 17.1. The van der Waals surface area contributed by atoms with E-state index in [9.17, 15) is 5.26 Å². The smallest absolute Gasteiger partial charge is 0.222 e. The molecule has 0 aliphatic rings. The lowest BCUT2D eigenvalue weighted by atomic mass is 10.1. The maximum Gasteiger partial charge on any atom is 0.222 e. The van der Waals surface area contributed by atoms with Crippen molar-refractivity contribution >= 4 is 11.8 Å². The monoisotopic (exact) mass is 320 g/mol. The van der Waals surface area contributed by atoms with Crippen molar-refractivity contribution in [3.8, 4) is 17.5 Å². The highest BCUT2D eigenvalue weighted by Crippen LogP contribution is 2.27. The van der Waals surface area contributed by atoms with Crippen molar-refractivity contribution in [1.29, 1.82) is 5.26 Å². The second-order valence-corrected chi connectivity index (χ2v) is 5.37. The Morgan fingerprint density at radius 2 is 2.17 bits per heavy atom. The van der Waals surface area contributed by atoms with Crippen LogP contribution < -0.4 is 11.1 Å². The van der Waals surface area contributed by atoms with Gasteiger partial charge in [0.05, 0.1) is 18.5 Å². The van der Waals surface area contributed by atoms with E-state index in [0.717, 1.165) is 16.8 Å². The van der Waals surface area contributed by atoms with Gasteiger partial charge >= 0.3 is 0 Å². The lowest BCUT2D eigenvalue weighted by Crippen LogP contribution is -2.10. The Labute approximate surface area is 139 Å². The molecular weight excluding hydrogens is 304 g/mol. The average Bonchev–Trinajstić information content (AvgIpc) is 3.07. The highest BCUT2D eigenvalue weighted by molar-refractivity contribution is 5.71. The molecule has 3 N–H and O–H groups in total. The first-order valence-electron chi connectivity index (χ1n) is 7.36. The van der Waals surface area contributed by atoms with Crippen LogP contribution in [-0.2, 0) is 6.54 Å². The van der Waals surface area contributed by atoms with Crippen LogP contribution in [-0.4, -0.2) is 15.0 Å². The molecule has 0 aliphatic heterocycles. The molecule has 3 rings (SSSR count). The van der Waals surface area contributed by atoms with Gasteiger partial charge in [-0.3, -0.25) is 4.98 Å². The molecule has 3 aromatic rings. The molecule has 0 aliphatic carbocycles. The fourth-order valence-corrected chi connectivity index (χ4v) is 2.40. The van der Waals surface area contributed by atoms with Crippen molar-refractivity contribution in [3.63, 3.8) is 0 Å². The summed E-state index contributed by atoms with van der Waals surface area (Å²) in [5.74, 6) is 0.892. The van der Waals surface area contributed by atoms with Gasteiger partial charge in [0.2, 0.25) is 5.95 Å². The maximum atomic E-state index is 9.51. The van der Waals surface area contributed by atoms with Crippen LogP contribution in [0.3, 0.4) is 0 Å². The SMILES string of the molecule is Cc1cnc(CNc2nc(N)nc(-c3ccco3)c2C#N)c(C)c1. The highest BCUT2D eigenvalue weighted by Gasteiger charge is 2.17. The van der Waals surface area contributed by atoms with E-state index in [-0.39, 0.29) is 11.5 Å². The number of furan rings is 1. The molecule has 0 bridgehead atoms. The minimum atomic E-state index is 0.0662. The Hall–Kier alpha value is -3.40. The third-order valence-electron chi connectivity index (χ3n) is 3.54. The molecule has 3 aromatic heterocycles. The van der Waals surface area contributed by atoms with Crippen molar-refractivity contribution < 1.29 is 4.42 Å². The molecular formula is C17H16N6O. The van der Waals surface area contributed by atoms with Gasteiger partial charge in [-0.1, -0.05) is 6.07 Å². The van der Waals surface area contributed by atoms with Gasteiger partial charge in [0.25, 0.3) is 0 Å². The number of aryl methyl sites for hydroxylation is 2. The van der Waals surface area contributed by atoms with Crippen LogP contribution in [0.15, 0.2) is 35.1 Å². The summed E-state index contributed by atoms with van der Waals surface area (Å²) in [4.78, 5) is 12.7. The van der Waals surface area contributed by atoms with Gasteiger partial charge in [-0.25, -0.2) is 4.98 Å². The summed E-state index contributed by atoms with van der Waals surface area (Å²) >= 11 is 0. The number of nitrogens with two attached hydrogens (primary N) is 1. The van der Waals surface area contributed by atoms with Crippen LogP contribution in [0.25, 0.3) is 11.5 Å². The van der Waals surface area contributed by atoms with E-state index in [1.807, 2.05) is 13.8 Å². The first kappa shape index (κ1) is 15.5. The average molecular weight is 320 g/mol. The van der Waals surface area contributed by atoms with E-state index < -0.39 is 0 Å². The first-order valence-corrected chi connectivity index (χ1v) is 7.36. The Morgan fingerprint density at radius 1 is 1.33 bits per heavy atom. The fourth-order valence-electron chi connectivity index (χ4n) is 2.40. The van der Waals surface area contributed by atoms with Crippen LogP contribution in [0, 0.1) is 25.2 Å². The fraction of sp³-hybridized carbons (Fsp3) is 0.176. The molecule has 3 heterocycles. The van der Waals surface area contributed by atoms with Gasteiger partial charge in [0.1, 0.15) is 17.3 Å². The third-order valence-corrected chi connectivity index (χ3v) is 3.54. The van der Waals surface area contributed by atoms with Crippen molar-refractivity contribution in [3.05, 3.63) is 53.0 Å². The molecule has 0 amide bonds. The number of nitrogens with one attached hydrogen (secondary N) is 1. The number of anilines is 2. The summed E-state index contributed by atoms with van der Waals surface area (Å²) < 4.78 is 5.33.